The van der Waals surface area contributed by atoms with Crippen LogP contribution in [0.1, 0.15) is 0 Å². The maximum Gasteiger partial charge on any atom is 0.101 e. The molecule has 0 radical (unpaired) electrons. The first-order valence-electron chi connectivity index (χ1n) is 14.5. The van der Waals surface area contributed by atoms with Crippen LogP contribution in [0.2, 0.25) is 0 Å². The molecule has 0 aliphatic carbocycles. The van der Waals surface area contributed by atoms with Crippen LogP contribution < -0.4 is 0 Å². The summed E-state index contributed by atoms with van der Waals surface area (Å²) in [6.45, 7) is -1.50. The number of hydrogen-bond acceptors (Lipinski definition) is 3. The topological polar surface area (TPSA) is 60.7 Å². The summed E-state index contributed by atoms with van der Waals surface area (Å²) in [4.78, 5) is 0. The van der Waals surface area contributed by atoms with Gasteiger partial charge in [0.2, 0.25) is 0 Å². The van der Waals surface area contributed by atoms with Gasteiger partial charge >= 0.3 is 0 Å². The van der Waals surface area contributed by atoms with Crippen LogP contribution in [0.3, 0.4) is 0 Å². The first-order valence-corrected chi connectivity index (χ1v) is 14.5. The average Bonchev–Trinajstić information content (AvgIpc) is 3.23. The van der Waals surface area contributed by atoms with Gasteiger partial charge in [-0.15, -0.1) is 6.42 Å². The van der Waals surface area contributed by atoms with Crippen molar-refractivity contribution in [3.8, 4) is 297 Å². The lowest BCUT2D eigenvalue weighted by Crippen LogP contribution is -2.32. The summed E-state index contributed by atoms with van der Waals surface area (Å²) in [5.41, 5.74) is -1.30. The Bertz CT molecular complexity index is 3280. The lowest BCUT2D eigenvalue weighted by Gasteiger charge is -2.19. The van der Waals surface area contributed by atoms with E-state index in [1.54, 1.807) is 0 Å². The zero-order chi connectivity index (χ0) is 41.3. The Morgan fingerprint density at radius 3 is 0.456 bits per heavy atom. The van der Waals surface area contributed by atoms with Crippen molar-refractivity contribution in [1.29, 1.82) is 0 Å². The molecule has 0 aromatic carbocycles. The van der Waals surface area contributed by atoms with Crippen molar-refractivity contribution in [2.45, 2.75) is 0 Å². The minimum absolute atomic E-state index is 0.501. The van der Waals surface area contributed by atoms with Gasteiger partial charge in [0, 0.05) is 189 Å². The molecular weight excluding hydrogens is 697 g/mol. The summed E-state index contributed by atoms with van der Waals surface area (Å²) >= 11 is 0. The van der Waals surface area contributed by atoms with Gasteiger partial charge in [-0.25, -0.2) is 0 Å². The van der Waals surface area contributed by atoms with Crippen LogP contribution in [-0.2, 0) is 0 Å². The van der Waals surface area contributed by atoms with Gasteiger partial charge in [-0.1, -0.05) is 5.92 Å². The van der Waals surface area contributed by atoms with Crippen LogP contribution in [0.4, 0.5) is 0 Å². The zero-order valence-corrected chi connectivity index (χ0v) is 29.0. The molecule has 244 valence electrons. The molecule has 0 aromatic rings. The van der Waals surface area contributed by atoms with Crippen molar-refractivity contribution >= 4 is 0 Å². The van der Waals surface area contributed by atoms with Gasteiger partial charge in [0.05, 0.1) is 19.8 Å². The van der Waals surface area contributed by atoms with Gasteiger partial charge in [0.15, 0.2) is 0 Å². The van der Waals surface area contributed by atoms with E-state index in [1.165, 1.54) is 0 Å². The van der Waals surface area contributed by atoms with E-state index in [9.17, 15) is 0 Å². The molecular formula is C54H10O3. The Hall–Kier alpha value is -11.1. The molecule has 0 atom stereocenters. The maximum atomic E-state index is 9.14. The maximum absolute atomic E-state index is 9.14. The van der Waals surface area contributed by atoms with E-state index in [0.29, 0.717) is 0 Å². The molecule has 0 amide bonds. The molecule has 0 bridgehead atoms. The molecule has 0 rings (SSSR count). The highest BCUT2D eigenvalue weighted by Gasteiger charge is 2.25. The predicted molar refractivity (Wildman–Crippen MR) is 219 cm³/mol. The van der Waals surface area contributed by atoms with Gasteiger partial charge in [-0.3, -0.25) is 0 Å². The number of aliphatic hydroxyl groups is 3. The SMILES string of the molecule is C#CC#CC#CC#CC#CC#CC#CC#CC#CC#CC#CC#CC#CC#CC#CC#CC#CC#CC#CC#CC#CC#CC#CC#CC#CC(CO)(CO)CO. The number of aliphatic hydroxyl groups excluding tert-OH is 3. The molecule has 0 saturated carbocycles. The van der Waals surface area contributed by atoms with Gasteiger partial charge in [-0.05, 0) is 94.7 Å². The number of rotatable bonds is 3. The quantitative estimate of drug-likeness (QED) is 0.319. The average molecular weight is 707 g/mol. The number of hydrogen-bond donors (Lipinski definition) is 3. The summed E-state index contributed by atoms with van der Waals surface area (Å²) in [6.07, 6.45) is 4.94. The van der Waals surface area contributed by atoms with Crippen molar-refractivity contribution in [3.05, 3.63) is 0 Å². The second-order valence-corrected chi connectivity index (χ2v) is 7.90. The van der Waals surface area contributed by atoms with E-state index in [1.807, 2.05) is 0 Å². The summed E-state index contributed by atoms with van der Waals surface area (Å²) < 4.78 is 0. The monoisotopic (exact) mass is 706 g/mol. The van der Waals surface area contributed by atoms with Crippen LogP contribution in [0.25, 0.3) is 0 Å². The molecule has 3 nitrogen and oxygen atoms in total. The minimum atomic E-state index is -1.30. The van der Waals surface area contributed by atoms with Gasteiger partial charge in [-0.2, -0.15) is 0 Å². The fourth-order valence-electron chi connectivity index (χ4n) is 1.87. The molecule has 0 saturated heterocycles. The van der Waals surface area contributed by atoms with Gasteiger partial charge < -0.3 is 15.3 Å². The van der Waals surface area contributed by atoms with Crippen LogP contribution in [-0.4, -0.2) is 35.1 Å². The Balaban J connectivity index is 4.62. The third kappa shape index (κ3) is 34.5. The molecule has 0 unspecified atom stereocenters. The Morgan fingerprint density at radius 2 is 0.333 bits per heavy atom. The Labute approximate surface area is 335 Å². The molecule has 0 aliphatic heterocycles. The second kappa shape index (κ2) is 39.3. The normalized spacial score (nSPS) is 5.09. The van der Waals surface area contributed by atoms with Crippen molar-refractivity contribution in [1.82, 2.24) is 0 Å². The van der Waals surface area contributed by atoms with E-state index >= 15 is 0 Å². The van der Waals surface area contributed by atoms with E-state index < -0.39 is 25.2 Å². The standard InChI is InChI=1S/C54H10O3/c1-2-3-4-5-6-7-8-9-10-11-12-13-14-15-16-17-18-19-20-21-22-23-24-25-26-27-28-29-30-31-32-33-34-35-36-37-38-39-40-41-42-43-44-45-46-47-48-49-50-54(51-55,52-56)53-57/h1,55-57H,51-53H2. The second-order valence-electron chi connectivity index (χ2n) is 7.90. The highest BCUT2D eigenvalue weighted by molar-refractivity contribution is 5.51. The zero-order valence-electron chi connectivity index (χ0n) is 29.0. The van der Waals surface area contributed by atoms with E-state index in [-0.39, 0.29) is 0 Å². The van der Waals surface area contributed by atoms with Gasteiger partial charge in [0.25, 0.3) is 0 Å². The summed E-state index contributed by atoms with van der Waals surface area (Å²) in [7, 11) is 0. The summed E-state index contributed by atoms with van der Waals surface area (Å²) in [5.74, 6) is 121. The summed E-state index contributed by atoms with van der Waals surface area (Å²) in [5, 5.41) is 27.4. The van der Waals surface area contributed by atoms with Crippen molar-refractivity contribution < 1.29 is 15.3 Å². The molecule has 0 aromatic heterocycles. The smallest absolute Gasteiger partial charge is 0.101 e. The van der Waals surface area contributed by atoms with Crippen molar-refractivity contribution in [2.75, 3.05) is 19.8 Å². The molecule has 0 spiro atoms. The molecule has 0 aliphatic rings. The molecule has 3 heteroatoms. The van der Waals surface area contributed by atoms with Gasteiger partial charge in [0.1, 0.15) is 5.41 Å². The van der Waals surface area contributed by atoms with Crippen molar-refractivity contribution in [2.24, 2.45) is 5.41 Å². The third-order valence-electron chi connectivity index (χ3n) is 4.18. The first kappa shape index (κ1) is 45.9. The fraction of sp³-hybridized carbons (Fsp3) is 0.0741. The minimum Gasteiger partial charge on any atom is -0.395 e. The largest absolute Gasteiger partial charge is 0.395 e. The van der Waals surface area contributed by atoms with Crippen LogP contribution >= 0.6 is 0 Å². The van der Waals surface area contributed by atoms with Crippen LogP contribution in [0.15, 0.2) is 0 Å². The van der Waals surface area contributed by atoms with E-state index in [2.05, 4.69) is 290 Å². The van der Waals surface area contributed by atoms with Crippen LogP contribution in [0.5, 0.6) is 0 Å². The molecule has 57 heavy (non-hydrogen) atoms. The highest BCUT2D eigenvalue weighted by Crippen LogP contribution is 2.11. The van der Waals surface area contributed by atoms with Crippen molar-refractivity contribution in [3.63, 3.8) is 0 Å². The molecule has 0 fully saturated rings. The Kier molecular flexibility index (Phi) is 31.6. The fourth-order valence-corrected chi connectivity index (χ4v) is 1.87. The lowest BCUT2D eigenvalue weighted by molar-refractivity contribution is 0.0490. The first-order chi connectivity index (χ1) is 28.2. The molecule has 3 N–H and O–H groups in total. The predicted octanol–water partition coefficient (Wildman–Crippen LogP) is -1.34. The van der Waals surface area contributed by atoms with E-state index in [4.69, 9.17) is 21.7 Å². The lowest BCUT2D eigenvalue weighted by atomic mass is 9.92. The Morgan fingerprint density at radius 1 is 0.211 bits per heavy atom. The third-order valence-corrected chi connectivity index (χ3v) is 4.18. The highest BCUT2D eigenvalue weighted by atomic mass is 16.3. The van der Waals surface area contributed by atoms with Crippen LogP contribution in [0, 0.1) is 302 Å². The molecule has 0 heterocycles. The summed E-state index contributed by atoms with van der Waals surface area (Å²) in [6, 6.07) is 0. The van der Waals surface area contributed by atoms with E-state index in [0.717, 1.165) is 0 Å². The number of terminal acetylenes is 1.